The van der Waals surface area contributed by atoms with Crippen molar-refractivity contribution in [1.82, 2.24) is 9.55 Å². The van der Waals surface area contributed by atoms with Crippen molar-refractivity contribution >= 4 is 10.0 Å². The van der Waals surface area contributed by atoms with E-state index < -0.39 is 10.0 Å². The molecule has 1 aromatic heterocycles. The summed E-state index contributed by atoms with van der Waals surface area (Å²) in [5.41, 5.74) is 0. The molecular formula is C12H23N3O2S. The number of hydrogen-bond donors (Lipinski definition) is 1. The van der Waals surface area contributed by atoms with E-state index in [1.54, 1.807) is 13.1 Å². The van der Waals surface area contributed by atoms with Gasteiger partial charge in [-0.1, -0.05) is 33.1 Å². The molecule has 0 fully saturated rings. The SMILES string of the molecule is CCCCC(CC)Cn1cc(S(N)(=O)=O)nc1C. The number of primary sulfonamides is 1. The molecule has 6 heteroatoms. The minimum atomic E-state index is -3.70. The molecule has 0 saturated heterocycles. The van der Waals surface area contributed by atoms with Gasteiger partial charge in [-0.15, -0.1) is 0 Å². The van der Waals surface area contributed by atoms with Gasteiger partial charge in [-0.2, -0.15) is 0 Å². The van der Waals surface area contributed by atoms with Gasteiger partial charge in [0, 0.05) is 12.7 Å². The summed E-state index contributed by atoms with van der Waals surface area (Å²) in [7, 11) is -3.70. The summed E-state index contributed by atoms with van der Waals surface area (Å²) >= 11 is 0. The topological polar surface area (TPSA) is 78.0 Å². The van der Waals surface area contributed by atoms with E-state index in [1.807, 2.05) is 4.57 Å². The highest BCUT2D eigenvalue weighted by Crippen LogP contribution is 2.17. The van der Waals surface area contributed by atoms with Crippen LogP contribution in [0.15, 0.2) is 11.2 Å². The molecule has 0 aromatic carbocycles. The highest BCUT2D eigenvalue weighted by Gasteiger charge is 2.16. The van der Waals surface area contributed by atoms with Crippen molar-refractivity contribution in [1.29, 1.82) is 0 Å². The first kappa shape index (κ1) is 15.2. The monoisotopic (exact) mass is 273 g/mol. The van der Waals surface area contributed by atoms with Crippen molar-refractivity contribution in [2.45, 2.75) is 58.0 Å². The van der Waals surface area contributed by atoms with Crippen molar-refractivity contribution < 1.29 is 8.42 Å². The molecule has 1 atom stereocenters. The van der Waals surface area contributed by atoms with Crippen molar-refractivity contribution in [2.75, 3.05) is 0 Å². The molecule has 0 bridgehead atoms. The Balaban J connectivity index is 2.80. The lowest BCUT2D eigenvalue weighted by Gasteiger charge is -2.15. The van der Waals surface area contributed by atoms with Crippen LogP contribution < -0.4 is 5.14 Å². The van der Waals surface area contributed by atoms with E-state index in [0.29, 0.717) is 11.7 Å². The van der Waals surface area contributed by atoms with Gasteiger partial charge in [0.1, 0.15) is 5.82 Å². The van der Waals surface area contributed by atoms with Gasteiger partial charge in [0.05, 0.1) is 0 Å². The van der Waals surface area contributed by atoms with Crippen LogP contribution in [0.5, 0.6) is 0 Å². The molecule has 0 aliphatic rings. The molecular weight excluding hydrogens is 250 g/mol. The van der Waals surface area contributed by atoms with Crippen LogP contribution in [-0.4, -0.2) is 18.0 Å². The van der Waals surface area contributed by atoms with E-state index in [0.717, 1.165) is 19.4 Å². The second-order valence-electron chi connectivity index (χ2n) is 4.74. The zero-order valence-electron chi connectivity index (χ0n) is 11.4. The zero-order chi connectivity index (χ0) is 13.8. The fraction of sp³-hybridized carbons (Fsp3) is 0.750. The minimum absolute atomic E-state index is 0.0367. The number of aryl methyl sites for hydroxylation is 1. The van der Waals surface area contributed by atoms with Crippen molar-refractivity contribution in [3.8, 4) is 0 Å². The molecule has 0 aliphatic heterocycles. The Morgan fingerprint density at radius 2 is 2.11 bits per heavy atom. The lowest BCUT2D eigenvalue weighted by molar-refractivity contribution is 0.387. The van der Waals surface area contributed by atoms with Gasteiger partial charge >= 0.3 is 0 Å². The van der Waals surface area contributed by atoms with Crippen LogP contribution in [-0.2, 0) is 16.6 Å². The quantitative estimate of drug-likeness (QED) is 0.826. The molecule has 1 aromatic rings. The van der Waals surface area contributed by atoms with Gasteiger partial charge in [-0.05, 0) is 19.3 Å². The molecule has 18 heavy (non-hydrogen) atoms. The van der Waals surface area contributed by atoms with E-state index in [2.05, 4.69) is 18.8 Å². The average molecular weight is 273 g/mol. The number of hydrogen-bond acceptors (Lipinski definition) is 3. The Kier molecular flexibility index (Phi) is 5.34. The summed E-state index contributed by atoms with van der Waals surface area (Å²) in [6.45, 7) is 6.95. The molecule has 0 saturated carbocycles. The van der Waals surface area contributed by atoms with Crippen molar-refractivity contribution in [3.05, 3.63) is 12.0 Å². The predicted molar refractivity (Wildman–Crippen MR) is 71.6 cm³/mol. The van der Waals surface area contributed by atoms with E-state index in [9.17, 15) is 8.42 Å². The molecule has 0 radical (unpaired) electrons. The molecule has 2 N–H and O–H groups in total. The fourth-order valence-corrected chi connectivity index (χ4v) is 2.53. The third kappa shape index (κ3) is 4.10. The number of nitrogens with zero attached hydrogens (tertiary/aromatic N) is 2. The van der Waals surface area contributed by atoms with E-state index in [-0.39, 0.29) is 5.03 Å². The normalized spacial score (nSPS) is 13.8. The first-order chi connectivity index (χ1) is 8.38. The van der Waals surface area contributed by atoms with Crippen LogP contribution in [0.2, 0.25) is 0 Å². The van der Waals surface area contributed by atoms with Crippen molar-refractivity contribution in [3.63, 3.8) is 0 Å². The standard InChI is InChI=1S/C12H23N3O2S/c1-4-6-7-11(5-2)8-15-9-12(14-10(15)3)18(13,16)17/h9,11H,4-8H2,1-3H3,(H2,13,16,17). The van der Waals surface area contributed by atoms with Crippen LogP contribution in [0.3, 0.4) is 0 Å². The Morgan fingerprint density at radius 3 is 2.56 bits per heavy atom. The Labute approximate surface area is 109 Å². The van der Waals surface area contributed by atoms with Crippen LogP contribution in [0.4, 0.5) is 0 Å². The number of nitrogens with two attached hydrogens (primary N) is 1. The molecule has 1 rings (SSSR count). The lowest BCUT2D eigenvalue weighted by atomic mass is 9.99. The van der Waals surface area contributed by atoms with Gasteiger partial charge < -0.3 is 4.57 Å². The highest BCUT2D eigenvalue weighted by atomic mass is 32.2. The first-order valence-corrected chi connectivity index (χ1v) is 7.99. The molecule has 0 aliphatic carbocycles. The lowest BCUT2D eigenvalue weighted by Crippen LogP contribution is -2.13. The number of sulfonamides is 1. The van der Waals surface area contributed by atoms with E-state index in [1.165, 1.54) is 12.8 Å². The maximum absolute atomic E-state index is 11.2. The number of imidazole rings is 1. The largest absolute Gasteiger partial charge is 0.333 e. The Morgan fingerprint density at radius 1 is 1.44 bits per heavy atom. The smallest absolute Gasteiger partial charge is 0.257 e. The van der Waals surface area contributed by atoms with Crippen LogP contribution in [0.1, 0.15) is 45.4 Å². The second-order valence-corrected chi connectivity index (χ2v) is 6.25. The Hall–Kier alpha value is -0.880. The van der Waals surface area contributed by atoms with Gasteiger partial charge in [0.2, 0.25) is 0 Å². The molecule has 0 spiro atoms. The number of aromatic nitrogens is 2. The molecule has 5 nitrogen and oxygen atoms in total. The van der Waals surface area contributed by atoms with E-state index in [4.69, 9.17) is 5.14 Å². The molecule has 0 amide bonds. The maximum atomic E-state index is 11.2. The van der Waals surface area contributed by atoms with Crippen LogP contribution in [0, 0.1) is 12.8 Å². The average Bonchev–Trinajstić information content (AvgIpc) is 2.66. The second kappa shape index (κ2) is 6.33. The maximum Gasteiger partial charge on any atom is 0.257 e. The molecule has 1 heterocycles. The zero-order valence-corrected chi connectivity index (χ0v) is 12.2. The van der Waals surface area contributed by atoms with Crippen molar-refractivity contribution in [2.24, 2.45) is 11.1 Å². The van der Waals surface area contributed by atoms with Gasteiger partial charge in [0.15, 0.2) is 5.03 Å². The highest BCUT2D eigenvalue weighted by molar-refractivity contribution is 7.89. The summed E-state index contributed by atoms with van der Waals surface area (Å²) in [6.07, 6.45) is 6.17. The van der Waals surface area contributed by atoms with Gasteiger partial charge in [-0.3, -0.25) is 0 Å². The number of rotatable bonds is 7. The van der Waals surface area contributed by atoms with Crippen LogP contribution in [0.25, 0.3) is 0 Å². The first-order valence-electron chi connectivity index (χ1n) is 6.45. The van der Waals surface area contributed by atoms with Gasteiger partial charge in [0.25, 0.3) is 10.0 Å². The summed E-state index contributed by atoms with van der Waals surface area (Å²) < 4.78 is 24.3. The molecule has 1 unspecified atom stereocenters. The molecule has 104 valence electrons. The third-order valence-corrected chi connectivity index (χ3v) is 4.02. The number of unbranched alkanes of at least 4 members (excludes halogenated alkanes) is 1. The van der Waals surface area contributed by atoms with Crippen LogP contribution >= 0.6 is 0 Å². The van der Waals surface area contributed by atoms with E-state index >= 15 is 0 Å². The minimum Gasteiger partial charge on any atom is -0.333 e. The predicted octanol–water partition coefficient (Wildman–Crippen LogP) is 2.06. The summed E-state index contributed by atoms with van der Waals surface area (Å²) in [4.78, 5) is 4.00. The summed E-state index contributed by atoms with van der Waals surface area (Å²) in [5, 5.41) is 5.04. The summed E-state index contributed by atoms with van der Waals surface area (Å²) in [5.74, 6) is 1.26. The third-order valence-electron chi connectivity index (χ3n) is 3.24. The van der Waals surface area contributed by atoms with Gasteiger partial charge in [-0.25, -0.2) is 18.5 Å². The fourth-order valence-electron chi connectivity index (χ4n) is 2.00. The Bertz CT molecular complexity index is 480. The summed E-state index contributed by atoms with van der Waals surface area (Å²) in [6, 6.07) is 0.